The molecule has 0 aliphatic heterocycles. The zero-order valence-electron chi connectivity index (χ0n) is 25.9. The fourth-order valence-corrected chi connectivity index (χ4v) is 6.54. The summed E-state index contributed by atoms with van der Waals surface area (Å²) in [6.07, 6.45) is 1.43. The van der Waals surface area contributed by atoms with E-state index in [1.807, 2.05) is 63.2 Å². The molecule has 0 heterocycles. The maximum Gasteiger partial charge on any atom is 0.264 e. The van der Waals surface area contributed by atoms with Gasteiger partial charge in [0.05, 0.1) is 10.6 Å². The number of para-hydroxylation sites is 1. The van der Waals surface area contributed by atoms with Crippen molar-refractivity contribution in [2.75, 3.05) is 10.8 Å². The minimum absolute atomic E-state index is 0.0286. The number of amides is 2. The SMILES string of the molecule is CCc1ccccc1N(CC(=O)N(Cc1ccc(F)cc1)C(Cc1ccccc1)C(=O)NC(C)CC)S(=O)(=O)c1ccccc1. The van der Waals surface area contributed by atoms with E-state index in [2.05, 4.69) is 5.32 Å². The highest BCUT2D eigenvalue weighted by atomic mass is 32.2. The molecular weight excluding hydrogens is 589 g/mol. The molecule has 0 saturated heterocycles. The van der Waals surface area contributed by atoms with E-state index in [1.165, 1.54) is 29.2 Å². The maximum absolute atomic E-state index is 14.5. The van der Waals surface area contributed by atoms with Crippen LogP contribution in [0.3, 0.4) is 0 Å². The highest BCUT2D eigenvalue weighted by Crippen LogP contribution is 2.28. The van der Waals surface area contributed by atoms with Crippen molar-refractivity contribution in [3.05, 3.63) is 132 Å². The van der Waals surface area contributed by atoms with E-state index < -0.39 is 34.3 Å². The summed E-state index contributed by atoms with van der Waals surface area (Å²) in [5.41, 5.74) is 2.59. The van der Waals surface area contributed by atoms with Crippen molar-refractivity contribution in [1.29, 1.82) is 0 Å². The van der Waals surface area contributed by atoms with Crippen molar-refractivity contribution < 1.29 is 22.4 Å². The van der Waals surface area contributed by atoms with E-state index in [-0.39, 0.29) is 29.8 Å². The molecule has 9 heteroatoms. The van der Waals surface area contributed by atoms with Gasteiger partial charge in [0.15, 0.2) is 0 Å². The molecule has 236 valence electrons. The Morgan fingerprint density at radius 1 is 0.800 bits per heavy atom. The normalized spacial score (nSPS) is 12.6. The molecule has 0 saturated carbocycles. The number of sulfonamides is 1. The quantitative estimate of drug-likeness (QED) is 0.182. The van der Waals surface area contributed by atoms with Gasteiger partial charge >= 0.3 is 0 Å². The number of rotatable bonds is 14. The molecule has 2 amide bonds. The lowest BCUT2D eigenvalue weighted by molar-refractivity contribution is -0.140. The number of aryl methyl sites for hydroxylation is 1. The molecule has 45 heavy (non-hydrogen) atoms. The van der Waals surface area contributed by atoms with Crippen LogP contribution in [0.25, 0.3) is 0 Å². The lowest BCUT2D eigenvalue weighted by Crippen LogP contribution is -2.54. The lowest BCUT2D eigenvalue weighted by Gasteiger charge is -2.34. The first kappa shape index (κ1) is 33.4. The molecule has 4 aromatic carbocycles. The molecule has 4 aromatic rings. The van der Waals surface area contributed by atoms with Gasteiger partial charge in [-0.15, -0.1) is 0 Å². The predicted octanol–water partition coefficient (Wildman–Crippen LogP) is 6.14. The van der Waals surface area contributed by atoms with Crippen LogP contribution in [0.1, 0.15) is 43.9 Å². The first-order valence-corrected chi connectivity index (χ1v) is 16.6. The fraction of sp³-hybridized carbons (Fsp3) is 0.278. The summed E-state index contributed by atoms with van der Waals surface area (Å²) in [6, 6.07) is 29.0. The summed E-state index contributed by atoms with van der Waals surface area (Å²) in [5.74, 6) is -1.34. The van der Waals surface area contributed by atoms with Crippen molar-refractivity contribution in [3.63, 3.8) is 0 Å². The fourth-order valence-electron chi connectivity index (χ4n) is 5.07. The topological polar surface area (TPSA) is 86.8 Å². The number of anilines is 1. The highest BCUT2D eigenvalue weighted by molar-refractivity contribution is 7.92. The standard InChI is InChI=1S/C36H40FN3O4S/c1-4-27(3)38-36(42)34(24-28-14-8-6-9-15-28)39(25-29-20-22-31(37)23-21-29)35(41)26-40(33-19-13-12-16-30(33)5-2)45(43,44)32-17-10-7-11-18-32/h6-23,27,34H,4-5,24-26H2,1-3H3,(H,38,42). The third-order valence-corrected chi connectivity index (χ3v) is 9.56. The second kappa shape index (κ2) is 15.5. The van der Waals surface area contributed by atoms with Gasteiger partial charge in [-0.3, -0.25) is 13.9 Å². The molecule has 0 aliphatic carbocycles. The lowest BCUT2D eigenvalue weighted by atomic mass is 10.0. The van der Waals surface area contributed by atoms with Crippen LogP contribution in [0, 0.1) is 5.82 Å². The molecule has 0 aromatic heterocycles. The van der Waals surface area contributed by atoms with Gasteiger partial charge in [-0.05, 0) is 66.8 Å². The zero-order valence-corrected chi connectivity index (χ0v) is 26.7. The predicted molar refractivity (Wildman–Crippen MR) is 176 cm³/mol. The van der Waals surface area contributed by atoms with Gasteiger partial charge in [0.2, 0.25) is 11.8 Å². The third kappa shape index (κ3) is 8.57. The van der Waals surface area contributed by atoms with Crippen molar-refractivity contribution in [1.82, 2.24) is 10.2 Å². The molecule has 4 rings (SSSR count). The van der Waals surface area contributed by atoms with Gasteiger partial charge in [0.25, 0.3) is 10.0 Å². The Morgan fingerprint density at radius 3 is 2.02 bits per heavy atom. The molecule has 0 bridgehead atoms. The van der Waals surface area contributed by atoms with E-state index in [4.69, 9.17) is 0 Å². The maximum atomic E-state index is 14.5. The Balaban J connectivity index is 1.82. The van der Waals surface area contributed by atoms with Gasteiger partial charge in [-0.25, -0.2) is 12.8 Å². The second-order valence-electron chi connectivity index (χ2n) is 11.0. The summed E-state index contributed by atoms with van der Waals surface area (Å²) >= 11 is 0. The second-order valence-corrected chi connectivity index (χ2v) is 12.8. The van der Waals surface area contributed by atoms with Gasteiger partial charge < -0.3 is 10.2 Å². The zero-order chi connectivity index (χ0) is 32.4. The molecular formula is C36H40FN3O4S. The van der Waals surface area contributed by atoms with Gasteiger partial charge in [-0.1, -0.05) is 92.7 Å². The average molecular weight is 630 g/mol. The number of carbonyl (C=O) groups excluding carboxylic acids is 2. The van der Waals surface area contributed by atoms with Crippen LogP contribution in [-0.2, 0) is 39.0 Å². The van der Waals surface area contributed by atoms with Crippen molar-refractivity contribution in [2.45, 2.75) is 63.6 Å². The summed E-state index contributed by atoms with van der Waals surface area (Å²) in [7, 11) is -4.19. The molecule has 7 nitrogen and oxygen atoms in total. The number of halogens is 1. The Kier molecular flexibility index (Phi) is 11.5. The molecule has 1 N–H and O–H groups in total. The number of nitrogens with one attached hydrogen (secondary N) is 1. The van der Waals surface area contributed by atoms with E-state index in [0.29, 0.717) is 24.1 Å². The number of carbonyl (C=O) groups is 2. The number of nitrogens with zero attached hydrogens (tertiary/aromatic N) is 2. The van der Waals surface area contributed by atoms with Crippen molar-refractivity contribution in [3.8, 4) is 0 Å². The van der Waals surface area contributed by atoms with Gasteiger partial charge in [0.1, 0.15) is 18.4 Å². The third-order valence-electron chi connectivity index (χ3n) is 7.79. The Bertz CT molecular complexity index is 1670. The average Bonchev–Trinajstić information content (AvgIpc) is 3.06. The van der Waals surface area contributed by atoms with Crippen molar-refractivity contribution >= 4 is 27.5 Å². The highest BCUT2D eigenvalue weighted by Gasteiger charge is 2.35. The van der Waals surface area contributed by atoms with Crippen LogP contribution in [0.15, 0.2) is 114 Å². The van der Waals surface area contributed by atoms with Gasteiger partial charge in [-0.2, -0.15) is 0 Å². The van der Waals surface area contributed by atoms with Crippen LogP contribution in [-0.4, -0.2) is 43.8 Å². The van der Waals surface area contributed by atoms with E-state index in [1.54, 1.807) is 42.5 Å². The van der Waals surface area contributed by atoms with E-state index in [0.717, 1.165) is 15.4 Å². The van der Waals surface area contributed by atoms with Crippen LogP contribution >= 0.6 is 0 Å². The minimum atomic E-state index is -4.19. The number of hydrogen-bond acceptors (Lipinski definition) is 4. The van der Waals surface area contributed by atoms with Crippen LogP contribution in [0.5, 0.6) is 0 Å². The van der Waals surface area contributed by atoms with Crippen LogP contribution < -0.4 is 9.62 Å². The molecule has 2 atom stereocenters. The monoisotopic (exact) mass is 629 g/mol. The smallest absolute Gasteiger partial charge is 0.264 e. The first-order chi connectivity index (χ1) is 21.6. The van der Waals surface area contributed by atoms with E-state index >= 15 is 0 Å². The minimum Gasteiger partial charge on any atom is -0.352 e. The van der Waals surface area contributed by atoms with Crippen molar-refractivity contribution in [2.24, 2.45) is 0 Å². The Hall–Kier alpha value is -4.50. The largest absolute Gasteiger partial charge is 0.352 e. The number of benzene rings is 4. The summed E-state index contributed by atoms with van der Waals surface area (Å²) < 4.78 is 43.3. The first-order valence-electron chi connectivity index (χ1n) is 15.2. The van der Waals surface area contributed by atoms with Crippen LogP contribution in [0.2, 0.25) is 0 Å². The number of hydrogen-bond donors (Lipinski definition) is 1. The molecule has 0 aliphatic rings. The summed E-state index contributed by atoms with van der Waals surface area (Å²) in [4.78, 5) is 29.9. The Labute approximate surface area is 265 Å². The summed E-state index contributed by atoms with van der Waals surface area (Å²) in [5, 5.41) is 3.01. The Morgan fingerprint density at radius 2 is 1.40 bits per heavy atom. The summed E-state index contributed by atoms with van der Waals surface area (Å²) in [6.45, 7) is 5.19. The molecule has 0 fully saturated rings. The van der Waals surface area contributed by atoms with Crippen LogP contribution in [0.4, 0.5) is 10.1 Å². The molecule has 2 unspecified atom stereocenters. The van der Waals surface area contributed by atoms with E-state index in [9.17, 15) is 22.4 Å². The van der Waals surface area contributed by atoms with Gasteiger partial charge in [0, 0.05) is 19.0 Å². The molecule has 0 radical (unpaired) electrons. The molecule has 0 spiro atoms.